The highest BCUT2D eigenvalue weighted by molar-refractivity contribution is 5.92. The molecule has 0 amide bonds. The third-order valence-electron chi connectivity index (χ3n) is 6.15. The van der Waals surface area contributed by atoms with Crippen LogP contribution >= 0.6 is 0 Å². The number of unbranched alkanes of at least 4 members (excludes halogenated alkanes) is 1. The van der Waals surface area contributed by atoms with Crippen LogP contribution in [0, 0.1) is 0 Å². The molecule has 2 aromatic carbocycles. The lowest BCUT2D eigenvalue weighted by Gasteiger charge is -2.17. The number of hydrogen-bond donors (Lipinski definition) is 0. The minimum Gasteiger partial charge on any atom is -0.494 e. The van der Waals surface area contributed by atoms with E-state index in [-0.39, 0.29) is 24.5 Å². The maximum atomic E-state index is 12.6. The second kappa shape index (κ2) is 13.7. The lowest BCUT2D eigenvalue weighted by Crippen LogP contribution is -2.35. The number of benzene rings is 2. The van der Waals surface area contributed by atoms with E-state index in [2.05, 4.69) is 6.58 Å². The molecule has 0 spiro atoms. The Bertz CT molecular complexity index is 1210. The van der Waals surface area contributed by atoms with Gasteiger partial charge in [0.25, 0.3) is 0 Å². The van der Waals surface area contributed by atoms with Gasteiger partial charge in [0, 0.05) is 13.0 Å². The van der Waals surface area contributed by atoms with Gasteiger partial charge in [-0.05, 0) is 61.4 Å². The molecule has 2 saturated heterocycles. The Kier molecular flexibility index (Phi) is 9.87. The molecule has 0 aliphatic carbocycles. The van der Waals surface area contributed by atoms with Crippen LogP contribution in [-0.2, 0) is 33.3 Å². The molecule has 212 valence electrons. The quantitative estimate of drug-likeness (QED) is 0.126. The van der Waals surface area contributed by atoms with Gasteiger partial charge in [-0.3, -0.25) is 4.79 Å². The molecular weight excluding hydrogens is 524 g/mol. The average molecular weight is 555 g/mol. The van der Waals surface area contributed by atoms with Crippen LogP contribution < -0.4 is 9.47 Å². The molecule has 2 aromatic rings. The number of carbonyl (C=O) groups excluding carboxylic acids is 4. The van der Waals surface area contributed by atoms with E-state index in [0.717, 1.165) is 6.08 Å². The van der Waals surface area contributed by atoms with E-state index in [1.807, 2.05) is 0 Å². The monoisotopic (exact) mass is 554 g/mol. The zero-order valence-electron chi connectivity index (χ0n) is 21.9. The Hall–Kier alpha value is -4.22. The van der Waals surface area contributed by atoms with E-state index in [1.54, 1.807) is 24.3 Å². The normalized spacial score (nSPS) is 21.1. The number of carbonyl (C=O) groups is 4. The second-order valence-electron chi connectivity index (χ2n) is 9.05. The Morgan fingerprint density at radius 1 is 0.800 bits per heavy atom. The molecule has 2 fully saturated rings. The predicted molar refractivity (Wildman–Crippen MR) is 138 cm³/mol. The summed E-state index contributed by atoms with van der Waals surface area (Å²) in [6, 6.07) is 12.5. The first kappa shape index (κ1) is 28.8. The smallest absolute Gasteiger partial charge is 0.343 e. The van der Waals surface area contributed by atoms with Gasteiger partial charge in [0.05, 0.1) is 37.6 Å². The summed E-state index contributed by atoms with van der Waals surface area (Å²) in [6.45, 7) is 5.68. The minimum atomic E-state index is -0.635. The lowest BCUT2D eigenvalue weighted by atomic mass is 10.1. The minimum absolute atomic E-state index is 0.131. The molecule has 2 aliphatic rings. The van der Waals surface area contributed by atoms with Crippen molar-refractivity contribution in [3.05, 3.63) is 72.3 Å². The molecule has 2 unspecified atom stereocenters. The zero-order chi connectivity index (χ0) is 28.5. The van der Waals surface area contributed by atoms with Crippen LogP contribution in [0.15, 0.2) is 61.2 Å². The Morgan fingerprint density at radius 2 is 1.35 bits per heavy atom. The van der Waals surface area contributed by atoms with Crippen LogP contribution in [0.5, 0.6) is 11.5 Å². The van der Waals surface area contributed by atoms with Gasteiger partial charge in [0.15, 0.2) is 12.2 Å². The first-order valence-corrected chi connectivity index (χ1v) is 12.8. The van der Waals surface area contributed by atoms with Crippen LogP contribution in [0.3, 0.4) is 0 Å². The van der Waals surface area contributed by atoms with E-state index in [1.165, 1.54) is 31.2 Å². The number of fused-ring (bicyclic) bond motifs is 1. The fourth-order valence-electron chi connectivity index (χ4n) is 4.19. The summed E-state index contributed by atoms with van der Waals surface area (Å²) < 4.78 is 37.9. The van der Waals surface area contributed by atoms with Crippen LogP contribution in [0.25, 0.3) is 0 Å². The summed E-state index contributed by atoms with van der Waals surface area (Å²) in [6.07, 6.45) is 0.303. The van der Waals surface area contributed by atoms with Crippen molar-refractivity contribution in [1.29, 1.82) is 0 Å². The van der Waals surface area contributed by atoms with Crippen LogP contribution in [-0.4, -0.2) is 74.7 Å². The van der Waals surface area contributed by atoms with Gasteiger partial charge in [0.1, 0.15) is 23.7 Å². The molecule has 0 N–H and O–H groups in total. The summed E-state index contributed by atoms with van der Waals surface area (Å²) in [4.78, 5) is 47.4. The maximum Gasteiger partial charge on any atom is 0.343 e. The Morgan fingerprint density at radius 3 is 1.95 bits per heavy atom. The van der Waals surface area contributed by atoms with E-state index >= 15 is 0 Å². The first-order valence-electron chi connectivity index (χ1n) is 12.8. The van der Waals surface area contributed by atoms with Gasteiger partial charge in [-0.2, -0.15) is 0 Å². The number of ether oxygens (including phenoxy) is 7. The van der Waals surface area contributed by atoms with Gasteiger partial charge < -0.3 is 33.2 Å². The van der Waals surface area contributed by atoms with Crippen molar-refractivity contribution < 1.29 is 52.3 Å². The fourth-order valence-corrected chi connectivity index (χ4v) is 4.19. The Balaban J connectivity index is 1.20. The number of rotatable bonds is 12. The molecule has 0 bridgehead atoms. The largest absolute Gasteiger partial charge is 0.494 e. The highest BCUT2D eigenvalue weighted by Gasteiger charge is 2.51. The van der Waals surface area contributed by atoms with Gasteiger partial charge in [-0.1, -0.05) is 6.58 Å². The Labute approximate surface area is 230 Å². The fraction of sp³-hybridized carbons (Fsp3) is 0.379. The average Bonchev–Trinajstić information content (AvgIpc) is 3.53. The van der Waals surface area contributed by atoms with Crippen LogP contribution in [0.4, 0.5) is 0 Å². The van der Waals surface area contributed by atoms with Crippen molar-refractivity contribution in [3.8, 4) is 11.5 Å². The number of hydrogen-bond acceptors (Lipinski definition) is 11. The van der Waals surface area contributed by atoms with E-state index in [4.69, 9.17) is 33.2 Å². The van der Waals surface area contributed by atoms with Crippen molar-refractivity contribution in [2.24, 2.45) is 0 Å². The van der Waals surface area contributed by atoms with Crippen molar-refractivity contribution in [3.63, 3.8) is 0 Å². The summed E-state index contributed by atoms with van der Waals surface area (Å²) >= 11 is 0. The van der Waals surface area contributed by atoms with E-state index in [9.17, 15) is 19.2 Å². The van der Waals surface area contributed by atoms with Crippen molar-refractivity contribution in [2.75, 3.05) is 26.4 Å². The SMILES string of the molecule is C=CC(=O)OCCCCOc1ccc(C(=O)Oc2ccc(C(=O)O[C@H]3COC4C3OC[C@@H]4OC(C)=O)cc2)cc1. The maximum absolute atomic E-state index is 12.6. The lowest BCUT2D eigenvalue weighted by molar-refractivity contribution is -0.151. The highest BCUT2D eigenvalue weighted by Crippen LogP contribution is 2.31. The highest BCUT2D eigenvalue weighted by atomic mass is 16.7. The van der Waals surface area contributed by atoms with Crippen molar-refractivity contribution >= 4 is 23.9 Å². The van der Waals surface area contributed by atoms with Crippen molar-refractivity contribution in [1.82, 2.24) is 0 Å². The third-order valence-corrected chi connectivity index (χ3v) is 6.15. The zero-order valence-corrected chi connectivity index (χ0v) is 21.9. The van der Waals surface area contributed by atoms with Gasteiger partial charge >= 0.3 is 23.9 Å². The van der Waals surface area contributed by atoms with Gasteiger partial charge in [-0.25, -0.2) is 14.4 Å². The van der Waals surface area contributed by atoms with Gasteiger partial charge in [-0.15, -0.1) is 0 Å². The summed E-state index contributed by atoms with van der Waals surface area (Å²) in [5.74, 6) is -1.19. The summed E-state index contributed by atoms with van der Waals surface area (Å²) in [5, 5.41) is 0. The topological polar surface area (TPSA) is 133 Å². The first-order chi connectivity index (χ1) is 19.3. The molecular formula is C29H30O11. The van der Waals surface area contributed by atoms with Crippen LogP contribution in [0.1, 0.15) is 40.5 Å². The molecule has 0 aromatic heterocycles. The molecule has 11 heteroatoms. The standard InChI is InChI=1S/C29H30O11/c1-3-25(31)35-15-5-4-14-34-21-10-6-19(7-11-21)28(32)39-22-12-8-20(9-13-22)29(33)40-24-17-37-26-23(38-18(2)30)16-36-27(24)26/h3,6-13,23-24,26-27H,1,4-5,14-17H2,2H3/t23-,24-,26?,27?/m0/s1. The van der Waals surface area contributed by atoms with E-state index in [0.29, 0.717) is 37.4 Å². The van der Waals surface area contributed by atoms with E-state index < -0.39 is 48.3 Å². The summed E-state index contributed by atoms with van der Waals surface area (Å²) in [7, 11) is 0. The molecule has 0 radical (unpaired) electrons. The predicted octanol–water partition coefficient (Wildman–Crippen LogP) is 3.05. The number of esters is 4. The molecule has 4 rings (SSSR count). The second-order valence-corrected chi connectivity index (χ2v) is 9.05. The van der Waals surface area contributed by atoms with Crippen molar-refractivity contribution in [2.45, 2.75) is 44.2 Å². The molecule has 4 atom stereocenters. The van der Waals surface area contributed by atoms with Crippen LogP contribution in [0.2, 0.25) is 0 Å². The molecule has 40 heavy (non-hydrogen) atoms. The third kappa shape index (κ3) is 7.67. The molecule has 2 heterocycles. The summed E-state index contributed by atoms with van der Waals surface area (Å²) in [5.41, 5.74) is 0.588. The molecule has 0 saturated carbocycles. The van der Waals surface area contributed by atoms with Gasteiger partial charge in [0.2, 0.25) is 0 Å². The molecule has 11 nitrogen and oxygen atoms in total. The molecule has 2 aliphatic heterocycles.